The maximum Gasteiger partial charge on any atom is 0.230 e. The van der Waals surface area contributed by atoms with E-state index in [0.717, 1.165) is 25.7 Å². The van der Waals surface area contributed by atoms with Gasteiger partial charge in [-0.15, -0.1) is 0 Å². The Hall–Kier alpha value is -0.600. The molecule has 0 heterocycles. The summed E-state index contributed by atoms with van der Waals surface area (Å²) in [6, 6.07) is 2.00. The molecule has 0 rings (SSSR count). The molecule has 5 heteroatoms. The van der Waals surface area contributed by atoms with E-state index in [1.165, 1.54) is 77.0 Å². The van der Waals surface area contributed by atoms with Crippen molar-refractivity contribution < 1.29 is 8.42 Å². The van der Waals surface area contributed by atoms with Gasteiger partial charge in [0.25, 0.3) is 0 Å². The SMILES string of the molecule is CCCCCCCCCCN(CCCCCCCCCC)S(=O)(=O)C(C#N)CC. The van der Waals surface area contributed by atoms with Gasteiger partial charge >= 0.3 is 0 Å². The van der Waals surface area contributed by atoms with Gasteiger partial charge in [-0.1, -0.05) is 111 Å². The largest absolute Gasteiger partial charge is 0.230 e. The number of hydrogen-bond donors (Lipinski definition) is 0. The molecule has 0 aromatic rings. The van der Waals surface area contributed by atoms with Gasteiger partial charge < -0.3 is 0 Å². The quantitative estimate of drug-likeness (QED) is 0.182. The Morgan fingerprint density at radius 2 is 1.00 bits per heavy atom. The van der Waals surface area contributed by atoms with Crippen LogP contribution in [0.1, 0.15) is 130 Å². The van der Waals surface area contributed by atoms with E-state index >= 15 is 0 Å². The van der Waals surface area contributed by atoms with Crippen LogP contribution in [0.5, 0.6) is 0 Å². The van der Waals surface area contributed by atoms with E-state index < -0.39 is 15.3 Å². The normalized spacial score (nSPS) is 12.9. The van der Waals surface area contributed by atoms with Crippen molar-refractivity contribution >= 4 is 10.0 Å². The molecule has 0 N–H and O–H groups in total. The molecule has 0 aliphatic heterocycles. The van der Waals surface area contributed by atoms with Gasteiger partial charge in [-0.05, 0) is 19.3 Å². The Labute approximate surface area is 182 Å². The molecule has 4 nitrogen and oxygen atoms in total. The molecule has 0 bridgehead atoms. The standard InChI is InChI=1S/C24H48N2O2S/c1-4-7-9-11-13-15-17-19-21-26(29(27,28)24(6-3)23-25)22-20-18-16-14-12-10-8-5-2/h24H,4-22H2,1-3H3. The van der Waals surface area contributed by atoms with Crippen molar-refractivity contribution in [3.8, 4) is 6.07 Å². The summed E-state index contributed by atoms with van der Waals surface area (Å²) in [5.74, 6) is 0. The van der Waals surface area contributed by atoms with Crippen LogP contribution in [0.15, 0.2) is 0 Å². The second-order valence-electron chi connectivity index (χ2n) is 8.42. The molecule has 1 unspecified atom stereocenters. The summed E-state index contributed by atoms with van der Waals surface area (Å²) in [5, 5.41) is 8.38. The summed E-state index contributed by atoms with van der Waals surface area (Å²) in [5.41, 5.74) is 0. The molecule has 0 aliphatic rings. The molecule has 0 spiro atoms. The number of nitrogens with zero attached hydrogens (tertiary/aromatic N) is 2. The summed E-state index contributed by atoms with van der Waals surface area (Å²) in [6.07, 6.45) is 19.6. The third-order valence-corrected chi connectivity index (χ3v) is 8.00. The van der Waals surface area contributed by atoms with Gasteiger partial charge in [0.05, 0.1) is 6.07 Å². The van der Waals surface area contributed by atoms with Crippen LogP contribution in [0.25, 0.3) is 0 Å². The Morgan fingerprint density at radius 1 is 0.655 bits per heavy atom. The average molecular weight is 429 g/mol. The lowest BCUT2D eigenvalue weighted by Gasteiger charge is -2.24. The van der Waals surface area contributed by atoms with Crippen LogP contribution in [0.3, 0.4) is 0 Å². The van der Waals surface area contributed by atoms with Crippen LogP contribution >= 0.6 is 0 Å². The highest BCUT2D eigenvalue weighted by atomic mass is 32.2. The highest BCUT2D eigenvalue weighted by molar-refractivity contribution is 7.90. The molecular formula is C24H48N2O2S. The van der Waals surface area contributed by atoms with Crippen LogP contribution in [0.4, 0.5) is 0 Å². The third kappa shape index (κ3) is 14.1. The van der Waals surface area contributed by atoms with Gasteiger partial charge in [-0.3, -0.25) is 0 Å². The van der Waals surface area contributed by atoms with Crippen molar-refractivity contribution in [1.82, 2.24) is 4.31 Å². The zero-order chi connectivity index (χ0) is 21.8. The molecule has 0 saturated carbocycles. The first-order chi connectivity index (χ1) is 14.0. The zero-order valence-corrected chi connectivity index (χ0v) is 20.4. The minimum absolute atomic E-state index is 0.365. The molecule has 29 heavy (non-hydrogen) atoms. The predicted octanol–water partition coefficient (Wildman–Crippen LogP) is 7.20. The lowest BCUT2D eigenvalue weighted by Crippen LogP contribution is -2.39. The molecule has 0 fully saturated rings. The first kappa shape index (κ1) is 28.4. The third-order valence-electron chi connectivity index (χ3n) is 5.76. The lowest BCUT2D eigenvalue weighted by molar-refractivity contribution is 0.380. The number of hydrogen-bond acceptors (Lipinski definition) is 3. The number of unbranched alkanes of at least 4 members (excludes halogenated alkanes) is 14. The van der Waals surface area contributed by atoms with Crippen molar-refractivity contribution in [3.05, 3.63) is 0 Å². The predicted molar refractivity (Wildman–Crippen MR) is 125 cm³/mol. The van der Waals surface area contributed by atoms with Gasteiger partial charge in [0, 0.05) is 13.1 Å². The van der Waals surface area contributed by atoms with E-state index in [1.807, 2.05) is 6.07 Å². The minimum Gasteiger partial charge on any atom is -0.211 e. The van der Waals surface area contributed by atoms with Gasteiger partial charge in [-0.25, -0.2) is 12.7 Å². The van der Waals surface area contributed by atoms with Crippen molar-refractivity contribution in [2.24, 2.45) is 0 Å². The van der Waals surface area contributed by atoms with E-state index in [2.05, 4.69) is 13.8 Å². The maximum absolute atomic E-state index is 12.9. The van der Waals surface area contributed by atoms with Crippen LogP contribution < -0.4 is 0 Å². The van der Waals surface area contributed by atoms with Crippen molar-refractivity contribution in [1.29, 1.82) is 5.26 Å². The fraction of sp³-hybridized carbons (Fsp3) is 0.958. The first-order valence-electron chi connectivity index (χ1n) is 12.4. The van der Waals surface area contributed by atoms with Gasteiger partial charge in [0.1, 0.15) is 0 Å². The molecule has 0 saturated heterocycles. The number of sulfonamides is 1. The van der Waals surface area contributed by atoms with Gasteiger partial charge in [-0.2, -0.15) is 5.26 Å². The smallest absolute Gasteiger partial charge is 0.211 e. The Morgan fingerprint density at radius 3 is 1.31 bits per heavy atom. The molecule has 0 radical (unpaired) electrons. The zero-order valence-electron chi connectivity index (χ0n) is 19.6. The van der Waals surface area contributed by atoms with Crippen molar-refractivity contribution in [3.63, 3.8) is 0 Å². The van der Waals surface area contributed by atoms with Crippen molar-refractivity contribution in [2.45, 2.75) is 135 Å². The fourth-order valence-electron chi connectivity index (χ4n) is 3.76. The van der Waals surface area contributed by atoms with Crippen LogP contribution in [0.2, 0.25) is 0 Å². The number of rotatable bonds is 21. The summed E-state index contributed by atoms with van der Waals surface area (Å²) in [7, 11) is -3.50. The van der Waals surface area contributed by atoms with Crippen LogP contribution in [0, 0.1) is 11.3 Å². The van der Waals surface area contributed by atoms with E-state index in [-0.39, 0.29) is 0 Å². The molecular weight excluding hydrogens is 380 g/mol. The molecule has 0 aromatic heterocycles. The fourth-order valence-corrected chi connectivity index (χ4v) is 5.44. The average Bonchev–Trinajstić information content (AvgIpc) is 2.70. The van der Waals surface area contributed by atoms with E-state index in [1.54, 1.807) is 11.2 Å². The monoisotopic (exact) mass is 428 g/mol. The Kier molecular flexibility index (Phi) is 19.0. The van der Waals surface area contributed by atoms with Gasteiger partial charge in [0.2, 0.25) is 10.0 Å². The Bertz CT molecular complexity index is 480. The molecule has 1 atom stereocenters. The van der Waals surface area contributed by atoms with Crippen molar-refractivity contribution in [2.75, 3.05) is 13.1 Å². The molecule has 0 aliphatic carbocycles. The van der Waals surface area contributed by atoms with Crippen LogP contribution in [-0.4, -0.2) is 31.1 Å². The second kappa shape index (κ2) is 19.4. The first-order valence-corrected chi connectivity index (χ1v) is 13.9. The molecule has 0 aromatic carbocycles. The van der Waals surface area contributed by atoms with E-state index in [9.17, 15) is 13.7 Å². The van der Waals surface area contributed by atoms with E-state index in [4.69, 9.17) is 0 Å². The topological polar surface area (TPSA) is 61.2 Å². The summed E-state index contributed by atoms with van der Waals surface area (Å²) in [4.78, 5) is 0. The van der Waals surface area contributed by atoms with Gasteiger partial charge in [0.15, 0.2) is 5.25 Å². The van der Waals surface area contributed by atoms with Crippen LogP contribution in [-0.2, 0) is 10.0 Å². The summed E-state index contributed by atoms with van der Waals surface area (Å²) < 4.78 is 27.4. The Balaban J connectivity index is 4.33. The minimum atomic E-state index is -3.50. The number of nitriles is 1. The highest BCUT2D eigenvalue weighted by Gasteiger charge is 2.30. The van der Waals surface area contributed by atoms with E-state index in [0.29, 0.717) is 19.5 Å². The second-order valence-corrected chi connectivity index (χ2v) is 10.5. The highest BCUT2D eigenvalue weighted by Crippen LogP contribution is 2.17. The molecule has 0 amide bonds. The summed E-state index contributed by atoms with van der Waals surface area (Å²) in [6.45, 7) is 7.40. The maximum atomic E-state index is 12.9. The summed E-state index contributed by atoms with van der Waals surface area (Å²) >= 11 is 0. The lowest BCUT2D eigenvalue weighted by atomic mass is 10.1. The molecule has 172 valence electrons.